The number of fused-ring (bicyclic) bond motifs is 1. The number of ether oxygens (including phenoxy) is 1. The number of benzene rings is 2. The Kier molecular flexibility index (Phi) is 6.59. The zero-order valence-corrected chi connectivity index (χ0v) is 19.6. The summed E-state index contributed by atoms with van der Waals surface area (Å²) in [5.74, 6) is 0.540. The number of methoxy groups -OCH3 is 1. The number of nitrogens with one attached hydrogen (secondary N) is 1. The van der Waals surface area contributed by atoms with E-state index in [2.05, 4.69) is 10.8 Å². The van der Waals surface area contributed by atoms with Crippen LogP contribution in [-0.4, -0.2) is 51.5 Å². The van der Waals surface area contributed by atoms with E-state index in [1.165, 1.54) is 31.0 Å². The topological polar surface area (TPSA) is 88.6 Å². The van der Waals surface area contributed by atoms with Crippen LogP contribution in [0.4, 0.5) is 0 Å². The van der Waals surface area contributed by atoms with E-state index in [4.69, 9.17) is 9.72 Å². The zero-order chi connectivity index (χ0) is 22.7. The van der Waals surface area contributed by atoms with Crippen molar-refractivity contribution in [3.8, 4) is 5.75 Å². The highest BCUT2D eigenvalue weighted by Crippen LogP contribution is 2.34. The lowest BCUT2D eigenvalue weighted by molar-refractivity contribution is -0.126. The van der Waals surface area contributed by atoms with Gasteiger partial charge in [0.25, 0.3) is 0 Å². The first-order chi connectivity index (χ1) is 15.4. The van der Waals surface area contributed by atoms with E-state index in [1.54, 1.807) is 29.5 Å². The summed E-state index contributed by atoms with van der Waals surface area (Å²) in [7, 11) is -0.910. The van der Waals surface area contributed by atoms with Crippen LogP contribution in [0.2, 0.25) is 0 Å². The van der Waals surface area contributed by atoms with E-state index in [-0.39, 0.29) is 16.6 Å². The van der Waals surface area contributed by atoms with Crippen molar-refractivity contribution in [1.82, 2.24) is 14.6 Å². The van der Waals surface area contributed by atoms with E-state index in [0.717, 1.165) is 23.4 Å². The summed E-state index contributed by atoms with van der Waals surface area (Å²) in [5.41, 5.74) is 1.64. The van der Waals surface area contributed by atoms with E-state index in [1.807, 2.05) is 23.1 Å². The first-order valence-corrected chi connectivity index (χ1v) is 12.7. The second kappa shape index (κ2) is 9.40. The van der Waals surface area contributed by atoms with E-state index in [0.29, 0.717) is 24.6 Å². The largest absolute Gasteiger partial charge is 0.495 e. The molecule has 1 aromatic heterocycles. The summed E-state index contributed by atoms with van der Waals surface area (Å²) in [4.78, 5) is 19.3. The molecule has 0 bridgehead atoms. The van der Waals surface area contributed by atoms with Crippen LogP contribution in [0.15, 0.2) is 53.4 Å². The molecule has 0 spiro atoms. The molecular formula is C23H25N3O4S2. The number of carbonyl (C=O) groups excluding carboxylic acids is 1. The summed E-state index contributed by atoms with van der Waals surface area (Å²) in [6.45, 7) is 1.34. The van der Waals surface area contributed by atoms with Gasteiger partial charge in [0.2, 0.25) is 15.9 Å². The third-order valence-corrected chi connectivity index (χ3v) is 8.27. The summed E-state index contributed by atoms with van der Waals surface area (Å²) in [6, 6.07) is 12.9. The highest BCUT2D eigenvalue weighted by atomic mass is 32.2. The molecule has 2 heterocycles. The van der Waals surface area contributed by atoms with Gasteiger partial charge < -0.3 is 9.64 Å². The smallest absolute Gasteiger partial charge is 0.246 e. The van der Waals surface area contributed by atoms with Crippen LogP contribution in [0, 0.1) is 0 Å². The summed E-state index contributed by atoms with van der Waals surface area (Å²) in [6.07, 6.45) is 4.89. The van der Waals surface area contributed by atoms with Crippen molar-refractivity contribution in [3.05, 3.63) is 59.1 Å². The van der Waals surface area contributed by atoms with Gasteiger partial charge in [-0.05, 0) is 55.8 Å². The first kappa shape index (κ1) is 22.4. The quantitative estimate of drug-likeness (QED) is 0.555. The van der Waals surface area contributed by atoms with Crippen molar-refractivity contribution >= 4 is 43.6 Å². The maximum atomic E-state index is 12.7. The highest BCUT2D eigenvalue weighted by molar-refractivity contribution is 7.89. The monoisotopic (exact) mass is 471 g/mol. The second-order valence-corrected chi connectivity index (χ2v) is 10.5. The average Bonchev–Trinajstić information content (AvgIpc) is 3.27. The fourth-order valence-electron chi connectivity index (χ4n) is 3.80. The number of para-hydroxylation sites is 1. The van der Waals surface area contributed by atoms with Gasteiger partial charge in [-0.1, -0.05) is 18.2 Å². The van der Waals surface area contributed by atoms with Crippen molar-refractivity contribution in [3.63, 3.8) is 0 Å². The minimum Gasteiger partial charge on any atom is -0.495 e. The number of likely N-dealkylation sites (tertiary alicyclic amines) is 1. The maximum absolute atomic E-state index is 12.7. The molecule has 7 nitrogen and oxygen atoms in total. The Hall–Kier alpha value is -2.75. The lowest BCUT2D eigenvalue weighted by Crippen LogP contribution is -2.36. The fourth-order valence-corrected chi connectivity index (χ4v) is 5.87. The van der Waals surface area contributed by atoms with Gasteiger partial charge in [-0.3, -0.25) is 4.79 Å². The molecule has 0 unspecified atom stereocenters. The minimum absolute atomic E-state index is 0.0359. The third-order valence-electron chi connectivity index (χ3n) is 5.63. The van der Waals surface area contributed by atoms with Gasteiger partial charge in [0, 0.05) is 25.1 Å². The molecule has 1 saturated heterocycles. The predicted molar refractivity (Wildman–Crippen MR) is 126 cm³/mol. The number of piperidine rings is 1. The molecule has 1 fully saturated rings. The van der Waals surface area contributed by atoms with Gasteiger partial charge in [0.15, 0.2) is 0 Å². The molecule has 168 valence electrons. The normalized spacial score (nSPS) is 15.5. The molecule has 0 aliphatic carbocycles. The molecular weight excluding hydrogens is 446 g/mol. The van der Waals surface area contributed by atoms with Gasteiger partial charge >= 0.3 is 0 Å². The van der Waals surface area contributed by atoms with Gasteiger partial charge in [-0.15, -0.1) is 11.3 Å². The van der Waals surface area contributed by atoms with Crippen LogP contribution in [0.5, 0.6) is 5.75 Å². The molecule has 0 saturated carbocycles. The Morgan fingerprint density at radius 3 is 2.66 bits per heavy atom. The standard InChI is InChI=1S/C23H25N3O4S2/c1-24-32(28,29)21-15-16(7-9-19(21)30-2)8-10-22(27)26-13-11-17(12-14-26)23-25-18-5-3-4-6-20(18)31-23/h3-10,15,17,24H,11-14H2,1-2H3/b10-8+. The zero-order valence-electron chi connectivity index (χ0n) is 17.9. The number of hydrogen-bond donors (Lipinski definition) is 1. The van der Waals surface area contributed by atoms with Gasteiger partial charge in [0.1, 0.15) is 10.6 Å². The second-order valence-electron chi connectivity index (χ2n) is 7.57. The maximum Gasteiger partial charge on any atom is 0.246 e. The van der Waals surface area contributed by atoms with Crippen LogP contribution >= 0.6 is 11.3 Å². The molecule has 1 aliphatic rings. The van der Waals surface area contributed by atoms with Crippen molar-refractivity contribution < 1.29 is 17.9 Å². The van der Waals surface area contributed by atoms with E-state index >= 15 is 0 Å². The summed E-state index contributed by atoms with van der Waals surface area (Å²) in [5, 5.41) is 1.14. The van der Waals surface area contributed by atoms with Crippen molar-refractivity contribution in [2.24, 2.45) is 0 Å². The lowest BCUT2D eigenvalue weighted by Gasteiger charge is -2.30. The van der Waals surface area contributed by atoms with Gasteiger partial charge in [-0.2, -0.15) is 0 Å². The van der Waals surface area contributed by atoms with E-state index < -0.39 is 10.0 Å². The highest BCUT2D eigenvalue weighted by Gasteiger charge is 2.25. The molecule has 1 amide bonds. The molecule has 2 aromatic carbocycles. The SMILES string of the molecule is CNS(=O)(=O)c1cc(/C=C/C(=O)N2CCC(c3nc4ccccc4s3)CC2)ccc1OC. The number of sulfonamides is 1. The lowest BCUT2D eigenvalue weighted by atomic mass is 9.97. The number of hydrogen-bond acceptors (Lipinski definition) is 6. The third kappa shape index (κ3) is 4.69. The number of thiazole rings is 1. The molecule has 3 aromatic rings. The van der Waals surface area contributed by atoms with Gasteiger partial charge in [0.05, 0.1) is 22.3 Å². The molecule has 4 rings (SSSR count). The number of rotatable bonds is 6. The summed E-state index contributed by atoms with van der Waals surface area (Å²) >= 11 is 1.74. The molecule has 32 heavy (non-hydrogen) atoms. The summed E-state index contributed by atoms with van der Waals surface area (Å²) < 4.78 is 33.1. The Morgan fingerprint density at radius 1 is 1.22 bits per heavy atom. The van der Waals surface area contributed by atoms with Crippen LogP contribution < -0.4 is 9.46 Å². The molecule has 0 atom stereocenters. The van der Waals surface area contributed by atoms with Gasteiger partial charge in [-0.25, -0.2) is 18.1 Å². The number of nitrogens with zero attached hydrogens (tertiary/aromatic N) is 2. The Labute approximate surface area is 191 Å². The predicted octanol–water partition coefficient (Wildman–Crippen LogP) is 3.63. The Balaban J connectivity index is 1.41. The average molecular weight is 472 g/mol. The first-order valence-electron chi connectivity index (χ1n) is 10.4. The fraction of sp³-hybridized carbons (Fsp3) is 0.304. The molecule has 1 aliphatic heterocycles. The van der Waals surface area contributed by atoms with Crippen LogP contribution in [0.25, 0.3) is 16.3 Å². The molecule has 0 radical (unpaired) electrons. The van der Waals surface area contributed by atoms with Crippen LogP contribution in [0.3, 0.4) is 0 Å². The Bertz CT molecular complexity index is 1230. The molecule has 9 heteroatoms. The van der Waals surface area contributed by atoms with Crippen molar-refractivity contribution in [2.45, 2.75) is 23.7 Å². The molecule has 1 N–H and O–H groups in total. The Morgan fingerprint density at radius 2 is 1.97 bits per heavy atom. The van der Waals surface area contributed by atoms with E-state index in [9.17, 15) is 13.2 Å². The number of aromatic nitrogens is 1. The van der Waals surface area contributed by atoms with Crippen molar-refractivity contribution in [1.29, 1.82) is 0 Å². The minimum atomic E-state index is -3.67. The van der Waals surface area contributed by atoms with Crippen LogP contribution in [-0.2, 0) is 14.8 Å². The van der Waals surface area contributed by atoms with Crippen LogP contribution in [0.1, 0.15) is 29.3 Å². The number of amides is 1. The van der Waals surface area contributed by atoms with Crippen molar-refractivity contribution in [2.75, 3.05) is 27.2 Å². The number of carbonyl (C=O) groups is 1.